The molecule has 5 nitrogen and oxygen atoms in total. The Morgan fingerprint density at radius 2 is 1.65 bits per heavy atom. The van der Waals surface area contributed by atoms with Crippen LogP contribution in [0.1, 0.15) is 32.1 Å². The van der Waals surface area contributed by atoms with Gasteiger partial charge >= 0.3 is 0 Å². The minimum Gasteiger partial charge on any atom is -0.378 e. The number of rotatable bonds is 3. The number of nitrogens with one attached hydrogen (secondary N) is 1. The minimum atomic E-state index is -0.166. The maximum absolute atomic E-state index is 13.0. The summed E-state index contributed by atoms with van der Waals surface area (Å²) in [5, 5.41) is 3.23. The van der Waals surface area contributed by atoms with Gasteiger partial charge in [0.15, 0.2) is 0 Å². The first kappa shape index (κ1) is 15.2. The van der Waals surface area contributed by atoms with Gasteiger partial charge in [0, 0.05) is 19.1 Å². The predicted molar refractivity (Wildman–Crippen MR) is 85.5 cm³/mol. The first-order valence-corrected chi connectivity index (χ1v) is 9.09. The zero-order valence-electron chi connectivity index (χ0n) is 13.6. The van der Waals surface area contributed by atoms with Crippen LogP contribution >= 0.6 is 0 Å². The van der Waals surface area contributed by atoms with Crippen molar-refractivity contribution in [3.05, 3.63) is 12.2 Å². The summed E-state index contributed by atoms with van der Waals surface area (Å²) >= 11 is 0. The Labute approximate surface area is 137 Å². The van der Waals surface area contributed by atoms with E-state index in [1.54, 1.807) is 0 Å². The van der Waals surface area contributed by atoms with E-state index in [4.69, 9.17) is 4.74 Å². The monoisotopic (exact) mass is 318 g/mol. The van der Waals surface area contributed by atoms with Crippen LogP contribution in [0.5, 0.6) is 0 Å². The van der Waals surface area contributed by atoms with E-state index >= 15 is 0 Å². The summed E-state index contributed by atoms with van der Waals surface area (Å²) in [7, 11) is 0. The zero-order valence-corrected chi connectivity index (χ0v) is 13.6. The number of nitrogens with zero attached hydrogens (tertiary/aromatic N) is 1. The van der Waals surface area contributed by atoms with Gasteiger partial charge in [-0.15, -0.1) is 0 Å². The number of fused-ring (bicyclic) bond motifs is 2. The third-order valence-corrected chi connectivity index (χ3v) is 6.07. The van der Waals surface area contributed by atoms with Crippen molar-refractivity contribution < 1.29 is 14.3 Å². The molecule has 3 aliphatic carbocycles. The van der Waals surface area contributed by atoms with Crippen molar-refractivity contribution in [3.8, 4) is 0 Å². The van der Waals surface area contributed by atoms with Gasteiger partial charge in [-0.1, -0.05) is 25.0 Å². The normalized spacial score (nSPS) is 36.6. The maximum atomic E-state index is 13.0. The largest absolute Gasteiger partial charge is 0.378 e. The molecule has 2 amide bonds. The molecule has 2 bridgehead atoms. The molecule has 0 aromatic heterocycles. The van der Waals surface area contributed by atoms with Crippen molar-refractivity contribution in [2.75, 3.05) is 26.3 Å². The Balaban J connectivity index is 1.48. The smallest absolute Gasteiger partial charge is 0.227 e. The van der Waals surface area contributed by atoms with Crippen LogP contribution in [0.25, 0.3) is 0 Å². The van der Waals surface area contributed by atoms with Crippen LogP contribution in [0.4, 0.5) is 0 Å². The van der Waals surface area contributed by atoms with E-state index in [0.717, 1.165) is 19.3 Å². The zero-order chi connectivity index (χ0) is 15.8. The molecule has 2 saturated carbocycles. The van der Waals surface area contributed by atoms with Gasteiger partial charge in [-0.05, 0) is 31.1 Å². The third kappa shape index (κ3) is 2.80. The molecular weight excluding hydrogens is 292 g/mol. The molecule has 0 unspecified atom stereocenters. The van der Waals surface area contributed by atoms with Crippen molar-refractivity contribution in [1.29, 1.82) is 0 Å². The van der Waals surface area contributed by atoms with E-state index in [9.17, 15) is 9.59 Å². The lowest BCUT2D eigenvalue weighted by molar-refractivity contribution is -0.145. The number of amides is 2. The Hall–Kier alpha value is -1.36. The number of carbonyl (C=O) groups excluding carboxylic acids is 2. The molecule has 0 aromatic rings. The fourth-order valence-corrected chi connectivity index (χ4v) is 4.88. The Morgan fingerprint density at radius 3 is 2.35 bits per heavy atom. The average Bonchev–Trinajstić information content (AvgIpc) is 3.31. The Morgan fingerprint density at radius 1 is 1.00 bits per heavy atom. The van der Waals surface area contributed by atoms with Gasteiger partial charge in [0.1, 0.15) is 0 Å². The van der Waals surface area contributed by atoms with Crippen LogP contribution in [-0.2, 0) is 14.3 Å². The summed E-state index contributed by atoms with van der Waals surface area (Å²) in [4.78, 5) is 27.7. The second-order valence-electron chi connectivity index (χ2n) is 7.43. The van der Waals surface area contributed by atoms with E-state index in [0.29, 0.717) is 32.3 Å². The van der Waals surface area contributed by atoms with Gasteiger partial charge < -0.3 is 15.0 Å². The van der Waals surface area contributed by atoms with Crippen LogP contribution in [0.2, 0.25) is 0 Å². The SMILES string of the molecule is O=C(NC1CCCC1)[C@@H]1[C@@H](C(=O)N2CCOCC2)[C@@H]2C=C[C@H]1C2. The number of hydrogen-bond acceptors (Lipinski definition) is 3. The fourth-order valence-electron chi connectivity index (χ4n) is 4.88. The summed E-state index contributed by atoms with van der Waals surface area (Å²) in [6, 6.07) is 0.324. The standard InChI is InChI=1S/C18H26N2O3/c21-17(19-14-3-1-2-4-14)15-12-5-6-13(11-12)16(15)18(22)20-7-9-23-10-8-20/h5-6,12-16H,1-4,7-11H2,(H,19,21)/t12-,13+,15-,16-/m0/s1. The molecule has 1 aliphatic heterocycles. The highest BCUT2D eigenvalue weighted by atomic mass is 16.5. The van der Waals surface area contributed by atoms with Gasteiger partial charge in [0.05, 0.1) is 25.0 Å². The van der Waals surface area contributed by atoms with Gasteiger partial charge in [0.2, 0.25) is 11.8 Å². The second kappa shape index (κ2) is 6.27. The van der Waals surface area contributed by atoms with Crippen LogP contribution in [0, 0.1) is 23.7 Å². The summed E-state index contributed by atoms with van der Waals surface area (Å²) in [6.07, 6.45) is 9.87. The first-order chi connectivity index (χ1) is 11.2. The third-order valence-electron chi connectivity index (χ3n) is 6.07. The topological polar surface area (TPSA) is 58.6 Å². The van der Waals surface area contributed by atoms with Gasteiger partial charge in [-0.3, -0.25) is 9.59 Å². The molecule has 3 fully saturated rings. The first-order valence-electron chi connectivity index (χ1n) is 9.09. The predicted octanol–water partition coefficient (Wildman–Crippen LogP) is 1.34. The van der Waals surface area contributed by atoms with E-state index in [1.807, 2.05) is 4.90 Å². The van der Waals surface area contributed by atoms with E-state index in [2.05, 4.69) is 17.5 Å². The van der Waals surface area contributed by atoms with Crippen LogP contribution in [-0.4, -0.2) is 49.1 Å². The minimum absolute atomic E-state index is 0.111. The van der Waals surface area contributed by atoms with E-state index in [1.165, 1.54) is 12.8 Å². The summed E-state index contributed by atoms with van der Waals surface area (Å²) in [6.45, 7) is 2.55. The summed E-state index contributed by atoms with van der Waals surface area (Å²) in [5.41, 5.74) is 0. The number of morpholine rings is 1. The second-order valence-corrected chi connectivity index (χ2v) is 7.43. The van der Waals surface area contributed by atoms with E-state index < -0.39 is 0 Å². The Bertz CT molecular complexity index is 506. The molecule has 0 aromatic carbocycles. The van der Waals surface area contributed by atoms with Crippen LogP contribution in [0.3, 0.4) is 0 Å². The highest BCUT2D eigenvalue weighted by molar-refractivity contribution is 5.90. The molecule has 4 atom stereocenters. The molecule has 126 valence electrons. The molecule has 1 saturated heterocycles. The van der Waals surface area contributed by atoms with Crippen molar-refractivity contribution in [1.82, 2.24) is 10.2 Å². The summed E-state index contributed by atoms with van der Waals surface area (Å²) < 4.78 is 5.35. The molecule has 4 rings (SSSR count). The molecule has 4 aliphatic rings. The lowest BCUT2D eigenvalue weighted by Crippen LogP contribution is -2.50. The highest BCUT2D eigenvalue weighted by Crippen LogP contribution is 2.49. The number of ether oxygens (including phenoxy) is 1. The number of allylic oxidation sites excluding steroid dienone is 2. The highest BCUT2D eigenvalue weighted by Gasteiger charge is 2.52. The molecular formula is C18H26N2O3. The molecule has 1 heterocycles. The quantitative estimate of drug-likeness (QED) is 0.799. The molecule has 23 heavy (non-hydrogen) atoms. The van der Waals surface area contributed by atoms with Crippen molar-refractivity contribution in [3.63, 3.8) is 0 Å². The van der Waals surface area contributed by atoms with Gasteiger partial charge in [-0.25, -0.2) is 0 Å². The van der Waals surface area contributed by atoms with Gasteiger partial charge in [-0.2, -0.15) is 0 Å². The lowest BCUT2D eigenvalue weighted by atomic mass is 9.81. The van der Waals surface area contributed by atoms with Crippen molar-refractivity contribution >= 4 is 11.8 Å². The van der Waals surface area contributed by atoms with Gasteiger partial charge in [0.25, 0.3) is 0 Å². The molecule has 0 radical (unpaired) electrons. The molecule has 5 heteroatoms. The lowest BCUT2D eigenvalue weighted by Gasteiger charge is -2.34. The Kier molecular flexibility index (Phi) is 4.14. The molecule has 0 spiro atoms. The van der Waals surface area contributed by atoms with Crippen molar-refractivity contribution in [2.45, 2.75) is 38.1 Å². The van der Waals surface area contributed by atoms with Crippen LogP contribution < -0.4 is 5.32 Å². The summed E-state index contributed by atoms with van der Waals surface area (Å²) in [5.74, 6) is 0.439. The van der Waals surface area contributed by atoms with Crippen molar-refractivity contribution in [2.24, 2.45) is 23.7 Å². The van der Waals surface area contributed by atoms with E-state index in [-0.39, 0.29) is 35.5 Å². The molecule has 1 N–H and O–H groups in total. The average molecular weight is 318 g/mol. The van der Waals surface area contributed by atoms with Crippen LogP contribution in [0.15, 0.2) is 12.2 Å². The fraction of sp³-hybridized carbons (Fsp3) is 0.778. The number of carbonyl (C=O) groups is 2. The number of hydrogen-bond donors (Lipinski definition) is 1. The maximum Gasteiger partial charge on any atom is 0.227 e.